The molecule has 1 aliphatic rings. The lowest BCUT2D eigenvalue weighted by molar-refractivity contribution is -0.167. The summed E-state index contributed by atoms with van der Waals surface area (Å²) in [5.74, 6) is -0.459. The number of fused-ring (bicyclic) bond motifs is 1. The first-order valence-corrected chi connectivity index (χ1v) is 10.5. The van der Waals surface area contributed by atoms with Crippen LogP contribution in [0.4, 0.5) is 0 Å². The lowest BCUT2D eigenvalue weighted by Crippen LogP contribution is -2.41. The van der Waals surface area contributed by atoms with Gasteiger partial charge in [0.05, 0.1) is 12.8 Å². The third kappa shape index (κ3) is 5.46. The summed E-state index contributed by atoms with van der Waals surface area (Å²) in [5, 5.41) is 13.2. The molecule has 170 valence electrons. The first kappa shape index (κ1) is 23.3. The number of allylic oxidation sites excluding steroid dienone is 1. The minimum absolute atomic E-state index is 0.0701. The van der Waals surface area contributed by atoms with E-state index in [0.29, 0.717) is 19.4 Å². The Morgan fingerprint density at radius 2 is 2.03 bits per heavy atom. The molecule has 0 spiro atoms. The summed E-state index contributed by atoms with van der Waals surface area (Å²) in [5.41, 5.74) is 1.74. The van der Waals surface area contributed by atoms with Gasteiger partial charge < -0.3 is 33.8 Å². The molecule has 8 heteroatoms. The summed E-state index contributed by atoms with van der Waals surface area (Å²) < 4.78 is 27.9. The Balaban J connectivity index is 1.94. The zero-order valence-electron chi connectivity index (χ0n) is 18.2. The number of hydrogen-bond acceptors (Lipinski definition) is 7. The first-order chi connectivity index (χ1) is 15.1. The van der Waals surface area contributed by atoms with Crippen molar-refractivity contribution in [2.75, 3.05) is 34.0 Å². The summed E-state index contributed by atoms with van der Waals surface area (Å²) in [7, 11) is 3.02. The Bertz CT molecular complexity index is 874. The zero-order valence-corrected chi connectivity index (χ0v) is 18.2. The number of furan rings is 1. The van der Waals surface area contributed by atoms with E-state index < -0.39 is 12.6 Å². The topological polar surface area (TPSA) is 99.4 Å². The molecule has 1 amide bonds. The van der Waals surface area contributed by atoms with Gasteiger partial charge in [0.25, 0.3) is 5.91 Å². The molecule has 1 aromatic heterocycles. The van der Waals surface area contributed by atoms with Crippen molar-refractivity contribution in [2.45, 2.75) is 38.3 Å². The van der Waals surface area contributed by atoms with Gasteiger partial charge in [-0.1, -0.05) is 18.2 Å². The van der Waals surface area contributed by atoms with E-state index in [1.54, 1.807) is 6.26 Å². The third-order valence-corrected chi connectivity index (χ3v) is 5.46. The van der Waals surface area contributed by atoms with Crippen LogP contribution in [0.15, 0.2) is 46.8 Å². The van der Waals surface area contributed by atoms with E-state index in [0.717, 1.165) is 16.5 Å². The van der Waals surface area contributed by atoms with Crippen molar-refractivity contribution in [3.05, 3.63) is 47.9 Å². The van der Waals surface area contributed by atoms with E-state index in [9.17, 15) is 9.90 Å². The molecule has 0 radical (unpaired) electrons. The van der Waals surface area contributed by atoms with Gasteiger partial charge in [0.1, 0.15) is 5.58 Å². The van der Waals surface area contributed by atoms with E-state index in [1.165, 1.54) is 14.2 Å². The van der Waals surface area contributed by atoms with Gasteiger partial charge in [-0.05, 0) is 31.9 Å². The number of carbonyl (C=O) groups excluding carboxylic acids is 1. The number of methoxy groups -OCH3 is 2. The predicted molar refractivity (Wildman–Crippen MR) is 114 cm³/mol. The monoisotopic (exact) mass is 433 g/mol. The normalized spacial score (nSPS) is 21.2. The summed E-state index contributed by atoms with van der Waals surface area (Å²) in [6, 6.07) is 7.78. The molecule has 1 aliphatic heterocycles. The number of carbonyl (C=O) groups is 1. The highest BCUT2D eigenvalue weighted by Crippen LogP contribution is 2.42. The van der Waals surface area contributed by atoms with E-state index in [2.05, 4.69) is 5.32 Å². The van der Waals surface area contributed by atoms with Crippen LogP contribution in [0.25, 0.3) is 11.0 Å². The first-order valence-electron chi connectivity index (χ1n) is 10.5. The van der Waals surface area contributed by atoms with E-state index >= 15 is 0 Å². The van der Waals surface area contributed by atoms with E-state index in [1.807, 2.05) is 37.3 Å². The van der Waals surface area contributed by atoms with Crippen LogP contribution in [0.5, 0.6) is 0 Å². The molecule has 2 N–H and O–H groups in total. The van der Waals surface area contributed by atoms with Crippen LogP contribution >= 0.6 is 0 Å². The number of benzene rings is 1. The van der Waals surface area contributed by atoms with Crippen LogP contribution in [0.2, 0.25) is 0 Å². The number of rotatable bonds is 11. The van der Waals surface area contributed by atoms with E-state index in [-0.39, 0.29) is 36.7 Å². The minimum Gasteiger partial charge on any atom is -0.464 e. The molecule has 0 saturated carbocycles. The molecule has 0 bridgehead atoms. The Labute approximate surface area is 182 Å². The van der Waals surface area contributed by atoms with Crippen molar-refractivity contribution in [1.82, 2.24) is 5.32 Å². The van der Waals surface area contributed by atoms with Crippen LogP contribution in [-0.4, -0.2) is 57.6 Å². The van der Waals surface area contributed by atoms with Crippen molar-refractivity contribution in [2.24, 2.45) is 5.92 Å². The average molecular weight is 434 g/mol. The quantitative estimate of drug-likeness (QED) is 0.526. The largest absolute Gasteiger partial charge is 0.464 e. The number of aliphatic hydroxyl groups excluding tert-OH is 1. The van der Waals surface area contributed by atoms with Gasteiger partial charge in [0, 0.05) is 50.2 Å². The number of nitrogens with one attached hydrogen (secondary N) is 1. The van der Waals surface area contributed by atoms with Crippen molar-refractivity contribution in [3.8, 4) is 0 Å². The van der Waals surface area contributed by atoms with Gasteiger partial charge in [-0.15, -0.1) is 0 Å². The molecular formula is C23H31NO7. The summed E-state index contributed by atoms with van der Waals surface area (Å²) in [6.45, 7) is 2.57. The lowest BCUT2D eigenvalue weighted by atomic mass is 9.80. The van der Waals surface area contributed by atoms with Crippen molar-refractivity contribution in [3.63, 3.8) is 0 Å². The second-order valence-corrected chi connectivity index (χ2v) is 7.33. The predicted octanol–water partition coefficient (Wildman–Crippen LogP) is 2.92. The van der Waals surface area contributed by atoms with Gasteiger partial charge in [0.2, 0.25) is 6.29 Å². The minimum atomic E-state index is -0.624. The number of amides is 1. The fraction of sp³-hybridized carbons (Fsp3) is 0.522. The highest BCUT2D eigenvalue weighted by molar-refractivity contribution is 5.92. The Morgan fingerprint density at radius 3 is 2.74 bits per heavy atom. The standard InChI is InChI=1S/C23H31NO7/c1-4-29-23-16(9-7-11-25)17(18-14-30-19-10-6-5-8-15(18)19)12-20(31-23)22(26)24-13-21(27-2)28-3/h5-6,8,10,12,14,16-17,21,23,25H,4,7,9,11,13H2,1-3H3,(H,24,26)/t16?,17-,23?/m0/s1. The molecule has 0 aliphatic carbocycles. The Kier molecular flexibility index (Phi) is 8.48. The molecule has 31 heavy (non-hydrogen) atoms. The molecule has 2 unspecified atom stereocenters. The highest BCUT2D eigenvalue weighted by Gasteiger charge is 2.39. The van der Waals surface area contributed by atoms with Crippen LogP contribution in [0, 0.1) is 5.92 Å². The van der Waals surface area contributed by atoms with Crippen molar-refractivity contribution >= 4 is 16.9 Å². The number of para-hydroxylation sites is 1. The molecule has 2 aromatic rings. The van der Waals surface area contributed by atoms with Crippen molar-refractivity contribution < 1.29 is 33.3 Å². The summed E-state index contributed by atoms with van der Waals surface area (Å²) in [6.07, 6.45) is 3.64. The summed E-state index contributed by atoms with van der Waals surface area (Å²) >= 11 is 0. The van der Waals surface area contributed by atoms with Crippen LogP contribution in [0.1, 0.15) is 31.2 Å². The van der Waals surface area contributed by atoms with Crippen LogP contribution in [0.3, 0.4) is 0 Å². The third-order valence-electron chi connectivity index (χ3n) is 5.46. The molecular weight excluding hydrogens is 402 g/mol. The zero-order chi connectivity index (χ0) is 22.2. The maximum absolute atomic E-state index is 12.8. The van der Waals surface area contributed by atoms with Crippen molar-refractivity contribution in [1.29, 1.82) is 0 Å². The second kappa shape index (κ2) is 11.3. The van der Waals surface area contributed by atoms with E-state index in [4.69, 9.17) is 23.4 Å². The molecule has 0 saturated heterocycles. The van der Waals surface area contributed by atoms with Gasteiger partial charge in [-0.25, -0.2) is 0 Å². The Morgan fingerprint density at radius 1 is 1.26 bits per heavy atom. The van der Waals surface area contributed by atoms with Crippen LogP contribution in [-0.2, 0) is 23.7 Å². The molecule has 2 heterocycles. The molecule has 8 nitrogen and oxygen atoms in total. The highest BCUT2D eigenvalue weighted by atomic mass is 16.7. The second-order valence-electron chi connectivity index (χ2n) is 7.33. The average Bonchev–Trinajstić information content (AvgIpc) is 3.22. The van der Waals surface area contributed by atoms with Gasteiger partial charge in [-0.3, -0.25) is 4.79 Å². The maximum atomic E-state index is 12.8. The molecule has 0 fully saturated rings. The number of hydrogen-bond donors (Lipinski definition) is 2. The maximum Gasteiger partial charge on any atom is 0.286 e. The Hall–Kier alpha value is -2.39. The molecule has 3 rings (SSSR count). The number of ether oxygens (including phenoxy) is 4. The molecule has 1 aromatic carbocycles. The summed E-state index contributed by atoms with van der Waals surface area (Å²) in [4.78, 5) is 12.8. The van der Waals surface area contributed by atoms with Gasteiger partial charge in [0.15, 0.2) is 12.0 Å². The fourth-order valence-electron chi connectivity index (χ4n) is 3.90. The number of aliphatic hydroxyl groups is 1. The van der Waals surface area contributed by atoms with Gasteiger partial charge >= 0.3 is 0 Å². The lowest BCUT2D eigenvalue weighted by Gasteiger charge is -2.36. The SMILES string of the molecule is CCOC1OC(C(=O)NCC(OC)OC)=C[C@H](c2coc3ccccc23)C1CCCO. The fourth-order valence-corrected chi connectivity index (χ4v) is 3.90. The van der Waals surface area contributed by atoms with Gasteiger partial charge in [-0.2, -0.15) is 0 Å². The van der Waals surface area contributed by atoms with Crippen LogP contribution < -0.4 is 5.32 Å². The smallest absolute Gasteiger partial charge is 0.286 e. The molecule has 3 atom stereocenters.